The molecule has 1 N–H and O–H groups in total. The van der Waals surface area contributed by atoms with Crippen molar-refractivity contribution < 1.29 is 9.53 Å². The van der Waals surface area contributed by atoms with Crippen molar-refractivity contribution in [1.29, 1.82) is 0 Å². The molecule has 1 aliphatic rings. The van der Waals surface area contributed by atoms with Gasteiger partial charge in [-0.2, -0.15) is 0 Å². The fraction of sp³-hybridized carbons (Fsp3) is 0.526. The maximum absolute atomic E-state index is 11.1. The summed E-state index contributed by atoms with van der Waals surface area (Å²) in [5.74, 6) is 0.530. The predicted octanol–water partition coefficient (Wildman–Crippen LogP) is 3.56. The highest BCUT2D eigenvalue weighted by molar-refractivity contribution is 7.14. The van der Waals surface area contributed by atoms with Crippen LogP contribution in [0.5, 0.6) is 0 Å². The van der Waals surface area contributed by atoms with Crippen LogP contribution in [0.3, 0.4) is 0 Å². The SMILES string of the molecule is COC(=O)CCCCc1nnc(-c2ccc(C3CCNCC3)cc2)s1. The molecule has 1 saturated heterocycles. The summed E-state index contributed by atoms with van der Waals surface area (Å²) in [5.41, 5.74) is 2.56. The number of nitrogens with one attached hydrogen (secondary N) is 1. The highest BCUT2D eigenvalue weighted by Crippen LogP contribution is 2.29. The Balaban J connectivity index is 1.53. The Morgan fingerprint density at radius 3 is 2.68 bits per heavy atom. The molecule has 0 unspecified atom stereocenters. The van der Waals surface area contributed by atoms with E-state index in [1.165, 1.54) is 25.5 Å². The molecule has 2 heterocycles. The highest BCUT2D eigenvalue weighted by Gasteiger charge is 2.15. The first-order valence-electron chi connectivity index (χ1n) is 8.96. The number of aromatic nitrogens is 2. The second-order valence-corrected chi connectivity index (χ2v) is 7.49. The average Bonchev–Trinajstić information content (AvgIpc) is 3.15. The molecule has 1 aromatic carbocycles. The third-order valence-corrected chi connectivity index (χ3v) is 5.72. The van der Waals surface area contributed by atoms with Gasteiger partial charge in [-0.1, -0.05) is 35.6 Å². The van der Waals surface area contributed by atoms with Gasteiger partial charge in [0.15, 0.2) is 0 Å². The van der Waals surface area contributed by atoms with Crippen LogP contribution in [0.2, 0.25) is 0 Å². The molecule has 1 aliphatic heterocycles. The molecular weight excluding hydrogens is 334 g/mol. The van der Waals surface area contributed by atoms with Crippen molar-refractivity contribution in [2.75, 3.05) is 20.2 Å². The topological polar surface area (TPSA) is 64.1 Å². The van der Waals surface area contributed by atoms with Crippen LogP contribution in [0.15, 0.2) is 24.3 Å². The van der Waals surface area contributed by atoms with Crippen LogP contribution < -0.4 is 5.32 Å². The fourth-order valence-electron chi connectivity index (χ4n) is 3.17. The monoisotopic (exact) mass is 359 g/mol. The lowest BCUT2D eigenvalue weighted by Crippen LogP contribution is -2.26. The number of unbranched alkanes of at least 4 members (excludes halogenated alkanes) is 1. The predicted molar refractivity (Wildman–Crippen MR) is 99.8 cm³/mol. The van der Waals surface area contributed by atoms with E-state index in [9.17, 15) is 4.79 Å². The van der Waals surface area contributed by atoms with E-state index in [1.807, 2.05) is 0 Å². The van der Waals surface area contributed by atoms with Gasteiger partial charge in [0.05, 0.1) is 7.11 Å². The number of piperidine rings is 1. The molecule has 0 bridgehead atoms. The van der Waals surface area contributed by atoms with Gasteiger partial charge in [-0.05, 0) is 50.3 Å². The van der Waals surface area contributed by atoms with Crippen molar-refractivity contribution in [3.63, 3.8) is 0 Å². The summed E-state index contributed by atoms with van der Waals surface area (Å²) in [4.78, 5) is 11.1. The quantitative estimate of drug-likeness (QED) is 0.605. The van der Waals surface area contributed by atoms with Gasteiger partial charge in [0.25, 0.3) is 0 Å². The van der Waals surface area contributed by atoms with Crippen molar-refractivity contribution in [3.8, 4) is 10.6 Å². The van der Waals surface area contributed by atoms with Crippen LogP contribution in [0.25, 0.3) is 10.6 Å². The summed E-state index contributed by atoms with van der Waals surface area (Å²) in [6.45, 7) is 2.23. The third-order valence-electron chi connectivity index (χ3n) is 4.68. The van der Waals surface area contributed by atoms with E-state index in [1.54, 1.807) is 11.3 Å². The summed E-state index contributed by atoms with van der Waals surface area (Å²) in [7, 11) is 1.43. The zero-order valence-corrected chi connectivity index (χ0v) is 15.5. The number of nitrogens with zero attached hydrogens (tertiary/aromatic N) is 2. The second kappa shape index (κ2) is 9.06. The molecule has 134 valence electrons. The van der Waals surface area contributed by atoms with E-state index in [4.69, 9.17) is 0 Å². The number of methoxy groups -OCH3 is 1. The largest absolute Gasteiger partial charge is 0.469 e. The van der Waals surface area contributed by atoms with Gasteiger partial charge < -0.3 is 10.1 Å². The molecule has 0 aliphatic carbocycles. The van der Waals surface area contributed by atoms with Crippen LogP contribution in [0.4, 0.5) is 0 Å². The number of rotatable bonds is 7. The van der Waals surface area contributed by atoms with Crippen molar-refractivity contribution in [2.45, 2.75) is 44.4 Å². The number of carbonyl (C=O) groups excluding carboxylic acids is 1. The molecule has 0 saturated carbocycles. The van der Waals surface area contributed by atoms with Crippen LogP contribution in [-0.2, 0) is 16.0 Å². The van der Waals surface area contributed by atoms with Crippen molar-refractivity contribution in [2.24, 2.45) is 0 Å². The molecule has 2 aromatic rings. The van der Waals surface area contributed by atoms with Crippen LogP contribution in [0, 0.1) is 0 Å². The minimum absolute atomic E-state index is 0.146. The zero-order valence-electron chi connectivity index (χ0n) is 14.7. The highest BCUT2D eigenvalue weighted by atomic mass is 32.1. The number of benzene rings is 1. The summed E-state index contributed by atoms with van der Waals surface area (Å²) in [6, 6.07) is 8.81. The van der Waals surface area contributed by atoms with Crippen molar-refractivity contribution in [1.82, 2.24) is 15.5 Å². The minimum atomic E-state index is -0.146. The normalized spacial score (nSPS) is 15.2. The Morgan fingerprint density at radius 1 is 1.20 bits per heavy atom. The maximum Gasteiger partial charge on any atom is 0.305 e. The lowest BCUT2D eigenvalue weighted by atomic mass is 9.90. The number of hydrogen-bond donors (Lipinski definition) is 1. The minimum Gasteiger partial charge on any atom is -0.469 e. The third kappa shape index (κ3) is 5.09. The molecule has 3 rings (SSSR count). The Hall–Kier alpha value is -1.79. The summed E-state index contributed by atoms with van der Waals surface area (Å²) in [6.07, 6.45) is 5.52. The van der Waals surface area contributed by atoms with Gasteiger partial charge in [-0.15, -0.1) is 10.2 Å². The van der Waals surface area contributed by atoms with Crippen LogP contribution in [0.1, 0.15) is 48.6 Å². The maximum atomic E-state index is 11.1. The first-order valence-corrected chi connectivity index (χ1v) is 9.78. The molecule has 25 heavy (non-hydrogen) atoms. The Bertz CT molecular complexity index is 678. The van der Waals surface area contributed by atoms with Gasteiger partial charge in [0.2, 0.25) is 0 Å². The molecule has 5 nitrogen and oxygen atoms in total. The number of hydrogen-bond acceptors (Lipinski definition) is 6. The average molecular weight is 359 g/mol. The molecular formula is C19H25N3O2S. The Morgan fingerprint density at radius 2 is 1.96 bits per heavy atom. The van der Waals surface area contributed by atoms with E-state index in [0.29, 0.717) is 12.3 Å². The Kier molecular flexibility index (Phi) is 6.53. The summed E-state index contributed by atoms with van der Waals surface area (Å²) >= 11 is 1.64. The lowest BCUT2D eigenvalue weighted by molar-refractivity contribution is -0.140. The van der Waals surface area contributed by atoms with Crippen molar-refractivity contribution >= 4 is 17.3 Å². The van der Waals surface area contributed by atoms with Gasteiger partial charge in [0.1, 0.15) is 10.0 Å². The molecule has 0 amide bonds. The fourth-order valence-corrected chi connectivity index (χ4v) is 4.06. The van der Waals surface area contributed by atoms with Gasteiger partial charge in [-0.25, -0.2) is 0 Å². The number of carbonyl (C=O) groups is 1. The summed E-state index contributed by atoms with van der Waals surface area (Å²) < 4.78 is 4.65. The number of esters is 1. The van der Waals surface area contributed by atoms with E-state index in [2.05, 4.69) is 44.5 Å². The number of ether oxygens (including phenoxy) is 1. The molecule has 6 heteroatoms. The number of aryl methyl sites for hydroxylation is 1. The molecule has 1 fully saturated rings. The first-order chi connectivity index (χ1) is 12.3. The Labute approximate surface area is 152 Å². The first kappa shape index (κ1) is 18.0. The molecule has 0 spiro atoms. The second-order valence-electron chi connectivity index (χ2n) is 6.43. The van der Waals surface area contributed by atoms with Gasteiger partial charge in [0, 0.05) is 18.4 Å². The van der Waals surface area contributed by atoms with E-state index < -0.39 is 0 Å². The van der Waals surface area contributed by atoms with Crippen LogP contribution in [-0.4, -0.2) is 36.4 Å². The molecule has 0 radical (unpaired) electrons. The van der Waals surface area contributed by atoms with E-state index >= 15 is 0 Å². The van der Waals surface area contributed by atoms with E-state index in [0.717, 1.165) is 47.9 Å². The molecule has 0 atom stereocenters. The lowest BCUT2D eigenvalue weighted by Gasteiger charge is -2.22. The standard InChI is InChI=1S/C19H25N3O2S/c1-24-18(23)5-3-2-4-17-21-22-19(25-17)16-8-6-14(7-9-16)15-10-12-20-13-11-15/h6-9,15,20H,2-5,10-13H2,1H3. The summed E-state index contributed by atoms with van der Waals surface area (Å²) in [5, 5.41) is 14.0. The van der Waals surface area contributed by atoms with Gasteiger partial charge in [-0.3, -0.25) is 4.79 Å². The molecule has 1 aromatic heterocycles. The van der Waals surface area contributed by atoms with E-state index in [-0.39, 0.29) is 5.97 Å². The smallest absolute Gasteiger partial charge is 0.305 e. The zero-order chi connectivity index (χ0) is 17.5. The van der Waals surface area contributed by atoms with Gasteiger partial charge >= 0.3 is 5.97 Å². The van der Waals surface area contributed by atoms with Crippen LogP contribution >= 0.6 is 11.3 Å². The van der Waals surface area contributed by atoms with Crippen molar-refractivity contribution in [3.05, 3.63) is 34.8 Å².